The Bertz CT molecular complexity index is 1000. The molecule has 3 rings (SSSR count). The lowest BCUT2D eigenvalue weighted by molar-refractivity contribution is -0.116. The van der Waals surface area contributed by atoms with E-state index in [1.165, 1.54) is 0 Å². The number of nitrogens with two attached hydrogens (primary N) is 1. The predicted molar refractivity (Wildman–Crippen MR) is 119 cm³/mol. The van der Waals surface area contributed by atoms with Crippen LogP contribution in [0.15, 0.2) is 72.8 Å². The van der Waals surface area contributed by atoms with Gasteiger partial charge in [0.15, 0.2) is 0 Å². The van der Waals surface area contributed by atoms with Crippen molar-refractivity contribution in [3.05, 3.63) is 78.4 Å². The van der Waals surface area contributed by atoms with Crippen molar-refractivity contribution in [2.24, 2.45) is 5.73 Å². The molecule has 7 heteroatoms. The van der Waals surface area contributed by atoms with Crippen molar-refractivity contribution in [3.63, 3.8) is 0 Å². The minimum absolute atomic E-state index is 0.192. The molecule has 5 N–H and O–H groups in total. The molecule has 30 heavy (non-hydrogen) atoms. The molecular formula is C23H24N4O3. The van der Waals surface area contributed by atoms with Crippen LogP contribution in [0.2, 0.25) is 0 Å². The summed E-state index contributed by atoms with van der Waals surface area (Å²) >= 11 is 0. The van der Waals surface area contributed by atoms with E-state index in [-0.39, 0.29) is 5.91 Å². The first-order valence-electron chi connectivity index (χ1n) is 9.43. The Morgan fingerprint density at radius 2 is 1.30 bits per heavy atom. The Balaban J connectivity index is 1.54. The van der Waals surface area contributed by atoms with Gasteiger partial charge >= 0.3 is 0 Å². The Hall–Kier alpha value is -4.00. The molecular weight excluding hydrogens is 380 g/mol. The number of carbonyl (C=O) groups is 2. The molecule has 0 fully saturated rings. The van der Waals surface area contributed by atoms with Gasteiger partial charge in [-0.1, -0.05) is 0 Å². The number of benzene rings is 3. The molecule has 0 aliphatic heterocycles. The van der Waals surface area contributed by atoms with Gasteiger partial charge in [-0.25, -0.2) is 0 Å². The topological polar surface area (TPSA) is 105 Å². The molecule has 0 aliphatic rings. The van der Waals surface area contributed by atoms with E-state index in [0.717, 1.165) is 22.8 Å². The van der Waals surface area contributed by atoms with Crippen LogP contribution in [0, 0.1) is 0 Å². The van der Waals surface area contributed by atoms with Crippen LogP contribution >= 0.6 is 0 Å². The highest BCUT2D eigenvalue weighted by Crippen LogP contribution is 2.21. The Morgan fingerprint density at radius 3 is 1.83 bits per heavy atom. The zero-order valence-electron chi connectivity index (χ0n) is 16.8. The minimum atomic E-state index is -0.507. The molecule has 0 heterocycles. The fourth-order valence-electron chi connectivity index (χ4n) is 2.77. The van der Waals surface area contributed by atoms with Gasteiger partial charge in [0.25, 0.3) is 0 Å². The molecule has 3 aromatic carbocycles. The number of hydrogen-bond donors (Lipinski definition) is 4. The van der Waals surface area contributed by atoms with Crippen LogP contribution in [-0.4, -0.2) is 25.0 Å². The van der Waals surface area contributed by atoms with E-state index in [2.05, 4.69) is 16.0 Å². The van der Waals surface area contributed by atoms with Gasteiger partial charge in [-0.15, -0.1) is 0 Å². The maximum atomic E-state index is 12.4. The summed E-state index contributed by atoms with van der Waals surface area (Å²) in [6, 6.07) is 21.3. The lowest BCUT2D eigenvalue weighted by Crippen LogP contribution is -2.31. The van der Waals surface area contributed by atoms with Crippen LogP contribution in [0.25, 0.3) is 0 Å². The first kappa shape index (κ1) is 20.7. The highest BCUT2D eigenvalue weighted by molar-refractivity contribution is 5.97. The third-order valence-electron chi connectivity index (χ3n) is 4.48. The van der Waals surface area contributed by atoms with Gasteiger partial charge in [0.1, 0.15) is 11.8 Å². The van der Waals surface area contributed by atoms with Crippen LogP contribution in [-0.2, 0) is 4.79 Å². The number of primary amides is 1. The predicted octanol–water partition coefficient (Wildman–Crippen LogP) is 3.98. The Labute approximate surface area is 175 Å². The van der Waals surface area contributed by atoms with E-state index in [1.54, 1.807) is 38.3 Å². The summed E-state index contributed by atoms with van der Waals surface area (Å²) in [6.45, 7) is 1.77. The van der Waals surface area contributed by atoms with E-state index < -0.39 is 11.9 Å². The quantitative estimate of drug-likeness (QED) is 0.455. The average molecular weight is 404 g/mol. The molecule has 3 aromatic rings. The normalized spacial score (nSPS) is 11.3. The minimum Gasteiger partial charge on any atom is -0.497 e. The summed E-state index contributed by atoms with van der Waals surface area (Å²) in [5.41, 5.74) is 8.91. The Kier molecular flexibility index (Phi) is 6.54. The van der Waals surface area contributed by atoms with Gasteiger partial charge in [-0.05, 0) is 79.7 Å². The fraction of sp³-hybridized carbons (Fsp3) is 0.130. The fourth-order valence-corrected chi connectivity index (χ4v) is 2.77. The van der Waals surface area contributed by atoms with Crippen LogP contribution < -0.4 is 26.4 Å². The number of methoxy groups -OCH3 is 1. The summed E-state index contributed by atoms with van der Waals surface area (Å²) in [4.78, 5) is 23.5. The van der Waals surface area contributed by atoms with Gasteiger partial charge in [0.2, 0.25) is 11.8 Å². The molecule has 0 bridgehead atoms. The summed E-state index contributed by atoms with van der Waals surface area (Å²) < 4.78 is 5.16. The number of nitrogens with one attached hydrogen (secondary N) is 3. The molecule has 0 spiro atoms. The van der Waals surface area contributed by atoms with Crippen molar-refractivity contribution in [3.8, 4) is 5.75 Å². The van der Waals surface area contributed by atoms with Crippen molar-refractivity contribution in [2.45, 2.75) is 13.0 Å². The summed E-state index contributed by atoms with van der Waals surface area (Å²) in [6.07, 6.45) is 0. The maximum absolute atomic E-state index is 12.4. The monoisotopic (exact) mass is 404 g/mol. The maximum Gasteiger partial charge on any atom is 0.248 e. The molecule has 0 radical (unpaired) electrons. The molecule has 154 valence electrons. The largest absolute Gasteiger partial charge is 0.497 e. The van der Waals surface area contributed by atoms with Crippen molar-refractivity contribution < 1.29 is 14.3 Å². The first-order valence-corrected chi connectivity index (χ1v) is 9.43. The van der Waals surface area contributed by atoms with Crippen molar-refractivity contribution in [1.29, 1.82) is 0 Å². The molecule has 0 aromatic heterocycles. The zero-order valence-corrected chi connectivity index (χ0v) is 16.8. The number of ether oxygens (including phenoxy) is 1. The molecule has 1 unspecified atom stereocenters. The first-order chi connectivity index (χ1) is 14.4. The lowest BCUT2D eigenvalue weighted by atomic mass is 10.2. The molecule has 7 nitrogen and oxygen atoms in total. The van der Waals surface area contributed by atoms with Gasteiger partial charge in [0.05, 0.1) is 7.11 Å². The van der Waals surface area contributed by atoms with E-state index in [1.807, 2.05) is 48.5 Å². The molecule has 0 saturated carbocycles. The standard InChI is InChI=1S/C23H24N4O3/c1-15(23(29)27-20-5-3-16(4-6-20)22(24)28)25-17-7-9-18(10-8-17)26-19-11-13-21(30-2)14-12-19/h3-15,25-26H,1-2H3,(H2,24,28)(H,27,29). The second-order valence-corrected chi connectivity index (χ2v) is 6.73. The number of rotatable bonds is 8. The van der Waals surface area contributed by atoms with Gasteiger partial charge < -0.3 is 26.4 Å². The van der Waals surface area contributed by atoms with Crippen LogP contribution in [0.3, 0.4) is 0 Å². The van der Waals surface area contributed by atoms with Crippen LogP contribution in [0.5, 0.6) is 5.75 Å². The zero-order chi connectivity index (χ0) is 21.5. The smallest absolute Gasteiger partial charge is 0.248 e. The van der Waals surface area contributed by atoms with Crippen molar-refractivity contribution in [2.75, 3.05) is 23.1 Å². The van der Waals surface area contributed by atoms with Crippen LogP contribution in [0.1, 0.15) is 17.3 Å². The van der Waals surface area contributed by atoms with E-state index in [0.29, 0.717) is 11.3 Å². The van der Waals surface area contributed by atoms with Crippen molar-refractivity contribution in [1.82, 2.24) is 0 Å². The molecule has 1 atom stereocenters. The SMILES string of the molecule is COc1ccc(Nc2ccc(NC(C)C(=O)Nc3ccc(C(N)=O)cc3)cc2)cc1. The van der Waals surface area contributed by atoms with Crippen LogP contribution in [0.4, 0.5) is 22.7 Å². The highest BCUT2D eigenvalue weighted by atomic mass is 16.5. The lowest BCUT2D eigenvalue weighted by Gasteiger charge is -2.16. The molecule has 0 saturated heterocycles. The Morgan fingerprint density at radius 1 is 0.800 bits per heavy atom. The summed E-state index contributed by atoms with van der Waals surface area (Å²) in [7, 11) is 1.63. The third kappa shape index (κ3) is 5.51. The average Bonchev–Trinajstić information content (AvgIpc) is 2.76. The highest BCUT2D eigenvalue weighted by Gasteiger charge is 2.13. The second kappa shape index (κ2) is 9.47. The second-order valence-electron chi connectivity index (χ2n) is 6.73. The number of carbonyl (C=O) groups excluding carboxylic acids is 2. The number of anilines is 4. The van der Waals surface area contributed by atoms with E-state index in [9.17, 15) is 9.59 Å². The molecule has 0 aliphatic carbocycles. The van der Waals surface area contributed by atoms with E-state index in [4.69, 9.17) is 10.5 Å². The summed E-state index contributed by atoms with van der Waals surface area (Å²) in [5.74, 6) is 0.103. The number of amides is 2. The van der Waals surface area contributed by atoms with Gasteiger partial charge in [0, 0.05) is 28.3 Å². The molecule has 2 amide bonds. The van der Waals surface area contributed by atoms with Gasteiger partial charge in [-0.3, -0.25) is 9.59 Å². The van der Waals surface area contributed by atoms with E-state index >= 15 is 0 Å². The van der Waals surface area contributed by atoms with Crippen molar-refractivity contribution >= 4 is 34.6 Å². The van der Waals surface area contributed by atoms with Gasteiger partial charge in [-0.2, -0.15) is 0 Å². The third-order valence-corrected chi connectivity index (χ3v) is 4.48. The summed E-state index contributed by atoms with van der Waals surface area (Å²) in [5, 5.41) is 9.28. The number of hydrogen-bond acceptors (Lipinski definition) is 5.